The zero-order valence-electron chi connectivity index (χ0n) is 8.86. The van der Waals surface area contributed by atoms with E-state index in [1.807, 2.05) is 47.8 Å². The van der Waals surface area contributed by atoms with Crippen molar-refractivity contribution in [2.45, 2.75) is 11.3 Å². The topological polar surface area (TPSA) is 38.0 Å². The van der Waals surface area contributed by atoms with Crippen LogP contribution in [0.15, 0.2) is 24.3 Å². The lowest BCUT2D eigenvalue weighted by atomic mass is 10.0. The summed E-state index contributed by atoms with van der Waals surface area (Å²) in [5.74, 6) is 9.23. The fraction of sp³-hybridized carbons (Fsp3) is 0.455. The molecule has 1 aliphatic heterocycles. The van der Waals surface area contributed by atoms with Crippen LogP contribution in [-0.4, -0.2) is 22.5 Å². The average molecular weight is 275 g/mol. The third-order valence-electron chi connectivity index (χ3n) is 2.63. The lowest BCUT2D eigenvalue weighted by molar-refractivity contribution is 0.553. The SMILES string of the molecule is NNC(c1ccccc1Cl)C1CSCCS1. The number of rotatable bonds is 3. The highest BCUT2D eigenvalue weighted by Gasteiger charge is 2.26. The fourth-order valence-corrected chi connectivity index (χ4v) is 4.92. The van der Waals surface area contributed by atoms with E-state index in [1.165, 1.54) is 11.5 Å². The van der Waals surface area contributed by atoms with E-state index < -0.39 is 0 Å². The van der Waals surface area contributed by atoms with Gasteiger partial charge in [0.25, 0.3) is 0 Å². The third-order valence-corrected chi connectivity index (χ3v) is 5.84. The predicted molar refractivity (Wildman–Crippen MR) is 75.1 cm³/mol. The second-order valence-electron chi connectivity index (χ2n) is 3.65. The zero-order chi connectivity index (χ0) is 11.4. The maximum Gasteiger partial charge on any atom is 0.0601 e. The van der Waals surface area contributed by atoms with Crippen LogP contribution in [0.25, 0.3) is 0 Å². The van der Waals surface area contributed by atoms with Gasteiger partial charge in [0.2, 0.25) is 0 Å². The number of benzene rings is 1. The minimum absolute atomic E-state index is 0.145. The van der Waals surface area contributed by atoms with Gasteiger partial charge >= 0.3 is 0 Å². The molecule has 88 valence electrons. The molecule has 0 spiro atoms. The fourth-order valence-electron chi connectivity index (χ4n) is 1.82. The van der Waals surface area contributed by atoms with Gasteiger partial charge in [-0.05, 0) is 11.6 Å². The van der Waals surface area contributed by atoms with Crippen LogP contribution in [-0.2, 0) is 0 Å². The van der Waals surface area contributed by atoms with E-state index >= 15 is 0 Å². The number of hydrogen-bond donors (Lipinski definition) is 2. The summed E-state index contributed by atoms with van der Waals surface area (Å²) in [5.41, 5.74) is 4.01. The molecule has 1 fully saturated rings. The molecular formula is C11H15ClN2S2. The van der Waals surface area contributed by atoms with Crippen LogP contribution in [0, 0.1) is 0 Å². The van der Waals surface area contributed by atoms with E-state index in [2.05, 4.69) is 5.43 Å². The quantitative estimate of drug-likeness (QED) is 0.657. The third kappa shape index (κ3) is 2.87. The molecule has 5 heteroatoms. The minimum atomic E-state index is 0.145. The maximum absolute atomic E-state index is 6.21. The second kappa shape index (κ2) is 6.17. The summed E-state index contributed by atoms with van der Waals surface area (Å²) in [6, 6.07) is 8.06. The summed E-state index contributed by atoms with van der Waals surface area (Å²) in [7, 11) is 0. The molecular weight excluding hydrogens is 260 g/mol. The number of thioether (sulfide) groups is 2. The molecule has 2 nitrogen and oxygen atoms in total. The van der Waals surface area contributed by atoms with E-state index in [-0.39, 0.29) is 6.04 Å². The average Bonchev–Trinajstić information content (AvgIpc) is 2.34. The van der Waals surface area contributed by atoms with Crippen LogP contribution in [0.5, 0.6) is 0 Å². The first-order chi connectivity index (χ1) is 7.83. The summed E-state index contributed by atoms with van der Waals surface area (Å²) in [4.78, 5) is 0. The Hall–Kier alpha value is 0.130. The van der Waals surface area contributed by atoms with Gasteiger partial charge in [0.15, 0.2) is 0 Å². The second-order valence-corrected chi connectivity index (χ2v) is 6.55. The Morgan fingerprint density at radius 3 is 2.81 bits per heavy atom. The van der Waals surface area contributed by atoms with Crippen molar-refractivity contribution in [2.24, 2.45) is 5.84 Å². The molecule has 2 atom stereocenters. The number of hydrazine groups is 1. The summed E-state index contributed by atoms with van der Waals surface area (Å²) in [6.45, 7) is 0. The molecule has 1 aliphatic rings. The van der Waals surface area contributed by atoms with Gasteiger partial charge in [0.1, 0.15) is 0 Å². The van der Waals surface area contributed by atoms with Crippen molar-refractivity contribution in [3.8, 4) is 0 Å². The van der Waals surface area contributed by atoms with E-state index in [9.17, 15) is 0 Å². The number of nitrogens with one attached hydrogen (secondary N) is 1. The smallest absolute Gasteiger partial charge is 0.0601 e. The van der Waals surface area contributed by atoms with E-state index in [1.54, 1.807) is 0 Å². The Balaban J connectivity index is 2.18. The molecule has 0 amide bonds. The minimum Gasteiger partial charge on any atom is -0.271 e. The first-order valence-corrected chi connectivity index (χ1v) is 7.81. The van der Waals surface area contributed by atoms with Gasteiger partial charge in [0.05, 0.1) is 6.04 Å². The lowest BCUT2D eigenvalue weighted by Crippen LogP contribution is -2.37. The lowest BCUT2D eigenvalue weighted by Gasteiger charge is -2.29. The van der Waals surface area contributed by atoms with Gasteiger partial charge < -0.3 is 0 Å². The predicted octanol–water partition coefficient (Wildman–Crippen LogP) is 2.69. The van der Waals surface area contributed by atoms with Gasteiger partial charge in [-0.3, -0.25) is 11.3 Å². The molecule has 0 saturated carbocycles. The maximum atomic E-state index is 6.21. The van der Waals surface area contributed by atoms with Crippen molar-refractivity contribution in [1.29, 1.82) is 0 Å². The largest absolute Gasteiger partial charge is 0.271 e. The monoisotopic (exact) mass is 274 g/mol. The first-order valence-electron chi connectivity index (χ1n) is 5.23. The Bertz CT molecular complexity index is 343. The highest BCUT2D eigenvalue weighted by molar-refractivity contribution is 8.06. The van der Waals surface area contributed by atoms with Gasteiger partial charge in [-0.1, -0.05) is 29.8 Å². The van der Waals surface area contributed by atoms with Gasteiger partial charge in [-0.15, -0.1) is 0 Å². The van der Waals surface area contributed by atoms with Crippen molar-refractivity contribution in [2.75, 3.05) is 17.3 Å². The Morgan fingerprint density at radius 1 is 1.38 bits per heavy atom. The highest BCUT2D eigenvalue weighted by atomic mass is 35.5. The van der Waals surface area contributed by atoms with Crippen molar-refractivity contribution in [3.05, 3.63) is 34.9 Å². The Kier molecular flexibility index (Phi) is 4.85. The molecule has 0 aromatic heterocycles. The van der Waals surface area contributed by atoms with Crippen LogP contribution in [0.2, 0.25) is 5.02 Å². The van der Waals surface area contributed by atoms with Crippen molar-refractivity contribution >= 4 is 35.1 Å². The van der Waals surface area contributed by atoms with Crippen LogP contribution in [0.4, 0.5) is 0 Å². The molecule has 1 saturated heterocycles. The van der Waals surface area contributed by atoms with E-state index in [0.717, 1.165) is 16.3 Å². The Morgan fingerprint density at radius 2 is 2.19 bits per heavy atom. The molecule has 2 unspecified atom stereocenters. The van der Waals surface area contributed by atoms with Crippen LogP contribution < -0.4 is 11.3 Å². The number of nitrogens with two attached hydrogens (primary N) is 1. The standard InChI is InChI=1S/C11H15ClN2S2/c12-9-4-2-1-3-8(9)11(14-13)10-7-15-5-6-16-10/h1-4,10-11,14H,5-7,13H2. The molecule has 0 bridgehead atoms. The van der Waals surface area contributed by atoms with Crippen LogP contribution in [0.3, 0.4) is 0 Å². The summed E-state index contributed by atoms with van der Waals surface area (Å²) in [5, 5.41) is 1.30. The van der Waals surface area contributed by atoms with Gasteiger partial charge in [-0.25, -0.2) is 0 Å². The molecule has 3 N–H and O–H groups in total. The number of hydrogen-bond acceptors (Lipinski definition) is 4. The van der Waals surface area contributed by atoms with Gasteiger partial charge in [-0.2, -0.15) is 23.5 Å². The molecule has 0 aliphatic carbocycles. The highest BCUT2D eigenvalue weighted by Crippen LogP contribution is 2.35. The van der Waals surface area contributed by atoms with Gasteiger partial charge in [0, 0.05) is 27.5 Å². The first kappa shape index (κ1) is 12.6. The van der Waals surface area contributed by atoms with E-state index in [4.69, 9.17) is 17.4 Å². The molecule has 1 aromatic carbocycles. The van der Waals surface area contributed by atoms with Crippen LogP contribution >= 0.6 is 35.1 Å². The van der Waals surface area contributed by atoms with E-state index in [0.29, 0.717) is 5.25 Å². The van der Waals surface area contributed by atoms with Crippen molar-refractivity contribution in [3.63, 3.8) is 0 Å². The summed E-state index contributed by atoms with van der Waals surface area (Å²) < 4.78 is 0. The normalized spacial score (nSPS) is 23.0. The van der Waals surface area contributed by atoms with Crippen molar-refractivity contribution in [1.82, 2.24) is 5.43 Å². The molecule has 0 radical (unpaired) electrons. The summed E-state index contributed by atoms with van der Waals surface area (Å²) >= 11 is 10.2. The number of halogens is 1. The molecule has 1 heterocycles. The molecule has 2 rings (SSSR count). The van der Waals surface area contributed by atoms with Crippen LogP contribution in [0.1, 0.15) is 11.6 Å². The zero-order valence-corrected chi connectivity index (χ0v) is 11.2. The summed E-state index contributed by atoms with van der Waals surface area (Å²) in [6.07, 6.45) is 0. The molecule has 16 heavy (non-hydrogen) atoms. The van der Waals surface area contributed by atoms with Crippen molar-refractivity contribution < 1.29 is 0 Å². The Labute approximate surface area is 110 Å². The molecule has 1 aromatic rings.